The van der Waals surface area contributed by atoms with Crippen LogP contribution in [0.15, 0.2) is 146 Å². The normalized spacial score (nSPS) is 12.2. The van der Waals surface area contributed by atoms with Crippen LogP contribution in [0.2, 0.25) is 0 Å². The number of carbonyl (C=O) groups excluding carboxylic acids is 1. The van der Waals surface area contributed by atoms with Gasteiger partial charge in [0.2, 0.25) is 0 Å². The summed E-state index contributed by atoms with van der Waals surface area (Å²) >= 11 is 6.18. The monoisotopic (exact) mass is 784 g/mol. The summed E-state index contributed by atoms with van der Waals surface area (Å²) in [6.45, 7) is 3.98. The highest BCUT2D eigenvalue weighted by Gasteiger charge is 2.26. The van der Waals surface area contributed by atoms with E-state index in [0.717, 1.165) is 52.3 Å². The average Bonchev–Trinajstić information content (AvgIpc) is 4.04. The summed E-state index contributed by atoms with van der Waals surface area (Å²) in [5, 5.41) is 1.09. The van der Waals surface area contributed by atoms with Gasteiger partial charge in [-0.15, -0.1) is 22.7 Å². The molecule has 0 bridgehead atoms. The second-order valence-electron chi connectivity index (χ2n) is 12.2. The van der Waals surface area contributed by atoms with E-state index in [1.807, 2.05) is 148 Å². The number of thiophene rings is 2. The fraction of sp³-hybridized carbons (Fsp3) is 0.0930. The lowest BCUT2D eigenvalue weighted by molar-refractivity contribution is -0.121. The molecule has 0 aliphatic carbocycles. The van der Waals surface area contributed by atoms with Gasteiger partial charge in [-0.3, -0.25) is 4.79 Å². The van der Waals surface area contributed by atoms with Crippen LogP contribution in [0, 0.1) is 0 Å². The van der Waals surface area contributed by atoms with E-state index in [2.05, 4.69) is 22.1 Å². The minimum absolute atomic E-state index is 0.179. The molecular weight excluding hydrogens is 753 g/mol. The second kappa shape index (κ2) is 16.2. The van der Waals surface area contributed by atoms with Gasteiger partial charge in [-0.2, -0.15) is 0 Å². The third kappa shape index (κ3) is 8.45. The first-order valence-electron chi connectivity index (χ1n) is 17.1. The van der Waals surface area contributed by atoms with E-state index in [4.69, 9.17) is 18.9 Å². The van der Waals surface area contributed by atoms with E-state index in [1.165, 1.54) is 22.7 Å². The largest absolute Gasteiger partial charge is 0.457 e. The van der Waals surface area contributed by atoms with Crippen LogP contribution in [0.1, 0.15) is 35.4 Å². The van der Waals surface area contributed by atoms with Gasteiger partial charge in [-0.1, -0.05) is 72.9 Å². The first-order valence-corrected chi connectivity index (χ1v) is 20.4. The van der Waals surface area contributed by atoms with Gasteiger partial charge in [-0.05, 0) is 97.1 Å². The van der Waals surface area contributed by atoms with Crippen LogP contribution in [0.4, 0.5) is 0 Å². The number of ether oxygens (including phenoxy) is 4. The molecule has 7 nitrogen and oxygen atoms in total. The number of rotatable bonds is 14. The first kappa shape index (κ1) is 35.4. The fourth-order valence-electron chi connectivity index (χ4n) is 5.53. The first-order chi connectivity index (χ1) is 26.4. The number of aromatic nitrogens is 2. The predicted molar refractivity (Wildman–Crippen MR) is 219 cm³/mol. The zero-order valence-electron chi connectivity index (χ0n) is 29.1. The van der Waals surface area contributed by atoms with Crippen molar-refractivity contribution in [3.63, 3.8) is 0 Å². The highest BCUT2D eigenvalue weighted by Crippen LogP contribution is 2.42. The van der Waals surface area contributed by atoms with Gasteiger partial charge in [0.05, 0.1) is 22.1 Å². The predicted octanol–water partition coefficient (Wildman–Crippen LogP) is 13.7. The maximum absolute atomic E-state index is 13.7. The number of Topliss-reactive ketones (excluding diaryl/α,β-unsaturated/α-hetero) is 1. The SMILES string of the molecule is CC(C(=O)C(C)c1ccc(-c2cnc(Oc3ccc(Oc4ccccc4)cc3)s2)s1)c1ccc(-c2cnc(Oc3ccc(Oc4ccccc4)cc3)s2)s1. The van der Waals surface area contributed by atoms with Crippen LogP contribution >= 0.6 is 45.3 Å². The molecular formula is C43H32N2O5S4. The minimum atomic E-state index is -0.252. The van der Waals surface area contributed by atoms with Crippen LogP contribution in [0.3, 0.4) is 0 Å². The molecule has 8 aromatic rings. The second-order valence-corrected chi connectivity index (χ2v) is 16.4. The fourth-order valence-corrected chi connectivity index (χ4v) is 9.39. The Labute approximate surface area is 328 Å². The Morgan fingerprint density at radius 1 is 0.426 bits per heavy atom. The Morgan fingerprint density at radius 2 is 0.778 bits per heavy atom. The summed E-state index contributed by atoms with van der Waals surface area (Å²) in [5.41, 5.74) is 0. The number of nitrogens with zero attached hydrogens (tertiary/aromatic N) is 2. The van der Waals surface area contributed by atoms with Crippen molar-refractivity contribution >= 4 is 51.1 Å². The third-order valence-corrected chi connectivity index (χ3v) is 13.1. The van der Waals surface area contributed by atoms with Crippen molar-refractivity contribution in [3.05, 3.63) is 156 Å². The van der Waals surface area contributed by atoms with Gasteiger partial charge in [0.1, 0.15) is 40.3 Å². The lowest BCUT2D eigenvalue weighted by Gasteiger charge is -2.14. The summed E-state index contributed by atoms with van der Waals surface area (Å²) < 4.78 is 23.8. The molecule has 4 aromatic carbocycles. The molecule has 4 aromatic heterocycles. The number of thiazole rings is 2. The van der Waals surface area contributed by atoms with Crippen LogP contribution < -0.4 is 18.9 Å². The van der Waals surface area contributed by atoms with E-state index in [9.17, 15) is 4.79 Å². The summed E-state index contributed by atoms with van der Waals surface area (Å²) in [4.78, 5) is 28.8. The Hall–Kier alpha value is -5.59. The van der Waals surface area contributed by atoms with Crippen molar-refractivity contribution in [3.8, 4) is 64.4 Å². The van der Waals surface area contributed by atoms with Crippen molar-refractivity contribution in [2.75, 3.05) is 0 Å². The van der Waals surface area contributed by atoms with E-state index >= 15 is 0 Å². The molecule has 2 unspecified atom stereocenters. The number of hydrogen-bond donors (Lipinski definition) is 0. The molecule has 8 rings (SSSR count). The maximum Gasteiger partial charge on any atom is 0.279 e. The lowest BCUT2D eigenvalue weighted by atomic mass is 9.93. The molecule has 0 spiro atoms. The molecule has 0 aliphatic heterocycles. The zero-order valence-corrected chi connectivity index (χ0v) is 32.3. The van der Waals surface area contributed by atoms with E-state index in [-0.39, 0.29) is 17.6 Å². The molecule has 0 fully saturated rings. The molecule has 2 atom stereocenters. The van der Waals surface area contributed by atoms with Crippen LogP contribution in [-0.4, -0.2) is 15.8 Å². The van der Waals surface area contributed by atoms with Gasteiger partial charge in [0, 0.05) is 31.3 Å². The molecule has 54 heavy (non-hydrogen) atoms. The van der Waals surface area contributed by atoms with E-state index in [1.54, 1.807) is 22.7 Å². The Morgan fingerprint density at radius 3 is 1.17 bits per heavy atom. The van der Waals surface area contributed by atoms with Crippen molar-refractivity contribution in [2.45, 2.75) is 25.7 Å². The molecule has 268 valence electrons. The Bertz CT molecular complexity index is 2280. The van der Waals surface area contributed by atoms with Crippen molar-refractivity contribution in [1.82, 2.24) is 9.97 Å². The maximum atomic E-state index is 13.7. The molecule has 4 heterocycles. The van der Waals surface area contributed by atoms with Crippen LogP contribution in [0.25, 0.3) is 19.5 Å². The van der Waals surface area contributed by atoms with Gasteiger partial charge in [-0.25, -0.2) is 9.97 Å². The minimum Gasteiger partial charge on any atom is -0.457 e. The molecule has 0 N–H and O–H groups in total. The smallest absolute Gasteiger partial charge is 0.279 e. The van der Waals surface area contributed by atoms with Crippen molar-refractivity contribution < 1.29 is 23.7 Å². The summed E-state index contributed by atoms with van der Waals surface area (Å²) in [6, 6.07) is 42.4. The van der Waals surface area contributed by atoms with E-state index in [0.29, 0.717) is 21.9 Å². The number of carbonyl (C=O) groups is 1. The molecule has 0 amide bonds. The van der Waals surface area contributed by atoms with Gasteiger partial charge in [0.25, 0.3) is 10.4 Å². The Kier molecular flexibility index (Phi) is 10.6. The molecule has 0 radical (unpaired) electrons. The number of benzene rings is 4. The molecule has 0 aliphatic rings. The van der Waals surface area contributed by atoms with Crippen LogP contribution in [-0.2, 0) is 4.79 Å². The average molecular weight is 785 g/mol. The highest BCUT2D eigenvalue weighted by atomic mass is 32.1. The summed E-state index contributed by atoms with van der Waals surface area (Å²) in [6.07, 6.45) is 3.64. The Balaban J connectivity index is 0.855. The number of para-hydroxylation sites is 2. The van der Waals surface area contributed by atoms with Crippen LogP contribution in [0.5, 0.6) is 44.9 Å². The molecule has 11 heteroatoms. The highest BCUT2D eigenvalue weighted by molar-refractivity contribution is 7.23. The number of hydrogen-bond acceptors (Lipinski definition) is 11. The standard InChI is InChI=1S/C43H32N2O5S4/c1-27(35-21-23-37(51-35)39-25-44-42(53-39)49-33-17-13-31(14-18-33)47-29-9-5-3-6-10-29)41(46)28(2)36-22-24-38(52-36)40-26-45-43(54-40)50-34-19-15-32(16-20-34)48-30-11-7-4-8-12-30/h3-28H,1-2H3. The molecule has 0 saturated heterocycles. The zero-order chi connectivity index (χ0) is 36.9. The number of ketones is 1. The van der Waals surface area contributed by atoms with Crippen molar-refractivity contribution in [1.29, 1.82) is 0 Å². The van der Waals surface area contributed by atoms with Gasteiger partial charge >= 0.3 is 0 Å². The molecule has 0 saturated carbocycles. The topological polar surface area (TPSA) is 79.8 Å². The lowest BCUT2D eigenvalue weighted by Crippen LogP contribution is -2.14. The van der Waals surface area contributed by atoms with Gasteiger partial charge < -0.3 is 18.9 Å². The quantitative estimate of drug-likeness (QED) is 0.109. The summed E-state index contributed by atoms with van der Waals surface area (Å²) in [5.74, 6) is 4.03. The van der Waals surface area contributed by atoms with E-state index < -0.39 is 0 Å². The third-order valence-electron chi connectivity index (χ3n) is 8.43. The van der Waals surface area contributed by atoms with Crippen molar-refractivity contribution in [2.24, 2.45) is 0 Å². The summed E-state index contributed by atoms with van der Waals surface area (Å²) in [7, 11) is 0. The van der Waals surface area contributed by atoms with Gasteiger partial charge in [0.15, 0.2) is 0 Å².